The Kier molecular flexibility index (Phi) is 6.77. The van der Waals surface area contributed by atoms with Crippen molar-refractivity contribution in [1.82, 2.24) is 15.1 Å². The van der Waals surface area contributed by atoms with Gasteiger partial charge in [0.2, 0.25) is 5.91 Å². The van der Waals surface area contributed by atoms with Crippen LogP contribution in [0.5, 0.6) is 0 Å². The van der Waals surface area contributed by atoms with E-state index in [1.807, 2.05) is 29.2 Å². The van der Waals surface area contributed by atoms with Gasteiger partial charge in [0, 0.05) is 37.2 Å². The van der Waals surface area contributed by atoms with E-state index in [0.717, 1.165) is 31.0 Å². The van der Waals surface area contributed by atoms with Crippen LogP contribution in [0.3, 0.4) is 0 Å². The van der Waals surface area contributed by atoms with Gasteiger partial charge < -0.3 is 10.2 Å². The van der Waals surface area contributed by atoms with Gasteiger partial charge in [0.25, 0.3) is 5.91 Å². The highest BCUT2D eigenvalue weighted by Crippen LogP contribution is 2.37. The Morgan fingerprint density at radius 1 is 1.10 bits per heavy atom. The molecule has 4 rings (SSSR count). The highest BCUT2D eigenvalue weighted by molar-refractivity contribution is 5.94. The van der Waals surface area contributed by atoms with E-state index in [9.17, 15) is 9.59 Å². The van der Waals surface area contributed by atoms with Gasteiger partial charge in [-0.05, 0) is 81.6 Å². The summed E-state index contributed by atoms with van der Waals surface area (Å²) >= 11 is 0. The molecule has 0 bridgehead atoms. The Bertz CT molecular complexity index is 749. The summed E-state index contributed by atoms with van der Waals surface area (Å²) in [6, 6.07) is 7.80. The van der Waals surface area contributed by atoms with Crippen LogP contribution in [0.2, 0.25) is 0 Å². The molecule has 5 heteroatoms. The average molecular weight is 412 g/mol. The average Bonchev–Trinajstić information content (AvgIpc) is 3.18. The number of rotatable bonds is 6. The Labute approximate surface area is 181 Å². The first-order chi connectivity index (χ1) is 14.6. The van der Waals surface area contributed by atoms with E-state index >= 15 is 0 Å². The van der Waals surface area contributed by atoms with Crippen molar-refractivity contribution < 1.29 is 9.59 Å². The second-order valence-electron chi connectivity index (χ2n) is 9.76. The summed E-state index contributed by atoms with van der Waals surface area (Å²) in [7, 11) is 0. The van der Waals surface area contributed by atoms with Gasteiger partial charge in [0.15, 0.2) is 0 Å². The summed E-state index contributed by atoms with van der Waals surface area (Å²) in [5, 5.41) is 3.29. The summed E-state index contributed by atoms with van der Waals surface area (Å²) in [5.74, 6) is 1.03. The predicted molar refractivity (Wildman–Crippen MR) is 119 cm³/mol. The van der Waals surface area contributed by atoms with Gasteiger partial charge in [-0.3, -0.25) is 14.5 Å². The van der Waals surface area contributed by atoms with Crippen molar-refractivity contribution in [2.75, 3.05) is 26.2 Å². The quantitative estimate of drug-likeness (QED) is 0.771. The fraction of sp³-hybridized carbons (Fsp3) is 0.680. The maximum atomic E-state index is 13.0. The summed E-state index contributed by atoms with van der Waals surface area (Å²) in [6.45, 7) is 6.87. The highest BCUT2D eigenvalue weighted by atomic mass is 16.2. The maximum absolute atomic E-state index is 13.0. The van der Waals surface area contributed by atoms with Crippen LogP contribution in [0.15, 0.2) is 24.3 Å². The molecular weight excluding hydrogens is 374 g/mol. The molecule has 1 N–H and O–H groups in total. The van der Waals surface area contributed by atoms with Crippen LogP contribution in [-0.4, -0.2) is 53.3 Å². The van der Waals surface area contributed by atoms with Crippen LogP contribution in [0.1, 0.15) is 80.6 Å². The molecule has 0 atom stereocenters. The zero-order valence-corrected chi connectivity index (χ0v) is 18.5. The molecule has 5 nitrogen and oxygen atoms in total. The van der Waals surface area contributed by atoms with Crippen molar-refractivity contribution in [2.45, 2.75) is 76.8 Å². The minimum absolute atomic E-state index is 0.0135. The van der Waals surface area contributed by atoms with Crippen molar-refractivity contribution in [3.8, 4) is 0 Å². The molecule has 2 heterocycles. The van der Waals surface area contributed by atoms with Crippen LogP contribution in [0, 0.1) is 5.92 Å². The van der Waals surface area contributed by atoms with Gasteiger partial charge in [0.1, 0.15) is 0 Å². The van der Waals surface area contributed by atoms with Gasteiger partial charge in [-0.2, -0.15) is 0 Å². The SMILES string of the molecule is CC1CCC(CNC(=O)c2cccc(CN3CCCC3=O)c2)(N2CCCCC2)CC1. The molecule has 30 heavy (non-hydrogen) atoms. The Morgan fingerprint density at radius 3 is 2.57 bits per heavy atom. The molecule has 2 saturated heterocycles. The number of carbonyl (C=O) groups is 2. The second-order valence-corrected chi connectivity index (χ2v) is 9.76. The third-order valence-electron chi connectivity index (χ3n) is 7.54. The maximum Gasteiger partial charge on any atom is 0.251 e. The van der Waals surface area contributed by atoms with Crippen molar-refractivity contribution in [3.05, 3.63) is 35.4 Å². The van der Waals surface area contributed by atoms with E-state index in [1.54, 1.807) is 0 Å². The first kappa shape index (κ1) is 21.4. The lowest BCUT2D eigenvalue weighted by Crippen LogP contribution is -2.58. The van der Waals surface area contributed by atoms with Crippen LogP contribution in [0.25, 0.3) is 0 Å². The number of piperidine rings is 1. The number of carbonyl (C=O) groups excluding carboxylic acids is 2. The van der Waals surface area contributed by atoms with Gasteiger partial charge in [0.05, 0.1) is 0 Å². The molecular formula is C25H37N3O2. The van der Waals surface area contributed by atoms with Crippen LogP contribution in [-0.2, 0) is 11.3 Å². The summed E-state index contributed by atoms with van der Waals surface area (Å²) in [5.41, 5.74) is 1.87. The monoisotopic (exact) mass is 411 g/mol. The molecule has 0 radical (unpaired) electrons. The number of amides is 2. The first-order valence-electron chi connectivity index (χ1n) is 12.0. The van der Waals surface area contributed by atoms with Crippen molar-refractivity contribution in [3.63, 3.8) is 0 Å². The lowest BCUT2D eigenvalue weighted by Gasteiger charge is -2.49. The molecule has 1 aromatic carbocycles. The summed E-state index contributed by atoms with van der Waals surface area (Å²) in [4.78, 5) is 29.5. The van der Waals surface area contributed by atoms with Crippen molar-refractivity contribution >= 4 is 11.8 Å². The molecule has 2 amide bonds. The largest absolute Gasteiger partial charge is 0.350 e. The van der Waals surface area contributed by atoms with E-state index in [-0.39, 0.29) is 17.4 Å². The predicted octanol–water partition coefficient (Wildman–Crippen LogP) is 3.97. The number of hydrogen-bond acceptors (Lipinski definition) is 3. The first-order valence-corrected chi connectivity index (χ1v) is 12.0. The van der Waals surface area contributed by atoms with Crippen molar-refractivity contribution in [1.29, 1.82) is 0 Å². The third kappa shape index (κ3) is 4.88. The fourth-order valence-electron chi connectivity index (χ4n) is 5.52. The summed E-state index contributed by atoms with van der Waals surface area (Å²) < 4.78 is 0. The van der Waals surface area contributed by atoms with Crippen LogP contribution >= 0.6 is 0 Å². The number of hydrogen-bond donors (Lipinski definition) is 1. The van der Waals surface area contributed by atoms with E-state index in [4.69, 9.17) is 0 Å². The normalized spacial score (nSPS) is 28.0. The molecule has 3 aliphatic rings. The molecule has 1 saturated carbocycles. The smallest absolute Gasteiger partial charge is 0.251 e. The van der Waals surface area contributed by atoms with E-state index in [0.29, 0.717) is 18.5 Å². The molecule has 0 aromatic heterocycles. The Hall–Kier alpha value is -1.88. The third-order valence-corrected chi connectivity index (χ3v) is 7.54. The second kappa shape index (κ2) is 9.51. The lowest BCUT2D eigenvalue weighted by molar-refractivity contribution is -0.128. The molecule has 1 aliphatic carbocycles. The molecule has 0 spiro atoms. The molecule has 2 aliphatic heterocycles. The Balaban J connectivity index is 1.40. The van der Waals surface area contributed by atoms with E-state index < -0.39 is 0 Å². The van der Waals surface area contributed by atoms with Gasteiger partial charge >= 0.3 is 0 Å². The zero-order valence-electron chi connectivity index (χ0n) is 18.5. The minimum Gasteiger partial charge on any atom is -0.350 e. The summed E-state index contributed by atoms with van der Waals surface area (Å²) in [6.07, 6.45) is 10.4. The number of nitrogens with zero attached hydrogens (tertiary/aromatic N) is 2. The van der Waals surface area contributed by atoms with Gasteiger partial charge in [-0.1, -0.05) is 25.5 Å². The standard InChI is InChI=1S/C25H37N3O2/c1-20-10-12-25(13-11-20,28-15-3-2-4-16-28)19-26-24(30)22-8-5-7-21(17-22)18-27-14-6-9-23(27)29/h5,7-8,17,20H,2-4,6,9-16,18-19H2,1H3,(H,26,30). The highest BCUT2D eigenvalue weighted by Gasteiger charge is 2.40. The van der Waals surface area contributed by atoms with E-state index in [1.165, 1.54) is 58.0 Å². The number of benzene rings is 1. The molecule has 164 valence electrons. The zero-order chi connectivity index (χ0) is 21.0. The van der Waals surface area contributed by atoms with Gasteiger partial charge in [-0.15, -0.1) is 0 Å². The fourth-order valence-corrected chi connectivity index (χ4v) is 5.52. The Morgan fingerprint density at radius 2 is 1.87 bits per heavy atom. The topological polar surface area (TPSA) is 52.7 Å². The van der Waals surface area contributed by atoms with Crippen molar-refractivity contribution in [2.24, 2.45) is 5.92 Å². The molecule has 0 unspecified atom stereocenters. The molecule has 3 fully saturated rings. The number of likely N-dealkylation sites (tertiary alicyclic amines) is 2. The number of nitrogens with one attached hydrogen (secondary N) is 1. The lowest BCUT2D eigenvalue weighted by atomic mass is 9.75. The van der Waals surface area contributed by atoms with Gasteiger partial charge in [-0.25, -0.2) is 0 Å². The van der Waals surface area contributed by atoms with Crippen LogP contribution < -0.4 is 5.32 Å². The van der Waals surface area contributed by atoms with Crippen LogP contribution in [0.4, 0.5) is 0 Å². The molecule has 1 aromatic rings. The minimum atomic E-state index is 0.0135. The van der Waals surface area contributed by atoms with E-state index in [2.05, 4.69) is 17.1 Å².